The van der Waals surface area contributed by atoms with Crippen molar-refractivity contribution in [3.8, 4) is 0 Å². The Balaban J connectivity index is 3.26. The molecule has 136 valence electrons. The van der Waals surface area contributed by atoms with Gasteiger partial charge in [-0.25, -0.2) is 0 Å². The maximum Gasteiger partial charge on any atom is 0.305 e. The van der Waals surface area contributed by atoms with Gasteiger partial charge in [-0.15, -0.1) is 0 Å². The largest absolute Gasteiger partial charge is 0.463 e. The Morgan fingerprint density at radius 3 is 1.75 bits per heavy atom. The number of hydrogen-bond acceptors (Lipinski definition) is 9. The van der Waals surface area contributed by atoms with E-state index < -0.39 is 47.5 Å². The molecule has 9 heteroatoms. The fourth-order valence-electron chi connectivity index (χ4n) is 2.61. The summed E-state index contributed by atoms with van der Waals surface area (Å²) in [7, 11) is 0. The number of rotatable bonds is 5. The molecule has 9 nitrogen and oxygen atoms in total. The van der Waals surface area contributed by atoms with E-state index in [-0.39, 0.29) is 6.61 Å². The van der Waals surface area contributed by atoms with Crippen LogP contribution in [0.1, 0.15) is 41.5 Å². The molecule has 0 aromatic heterocycles. The van der Waals surface area contributed by atoms with Crippen LogP contribution in [-0.4, -0.2) is 54.1 Å². The van der Waals surface area contributed by atoms with E-state index in [0.29, 0.717) is 0 Å². The molecule has 1 fully saturated rings. The molecule has 4 atom stereocenters. The summed E-state index contributed by atoms with van der Waals surface area (Å²) in [4.78, 5) is 45.4. The van der Waals surface area contributed by atoms with Gasteiger partial charge in [-0.1, -0.05) is 0 Å². The minimum atomic E-state index is -1.72. The highest BCUT2D eigenvalue weighted by molar-refractivity contribution is 5.69. The van der Waals surface area contributed by atoms with E-state index in [1.807, 2.05) is 0 Å². The van der Waals surface area contributed by atoms with Gasteiger partial charge in [0.15, 0.2) is 6.10 Å². The smallest absolute Gasteiger partial charge is 0.305 e. The molecular formula is C15H22O9. The van der Waals surface area contributed by atoms with E-state index in [4.69, 9.17) is 23.7 Å². The maximum atomic E-state index is 11.5. The van der Waals surface area contributed by atoms with Gasteiger partial charge in [0.25, 0.3) is 5.79 Å². The molecule has 0 aliphatic carbocycles. The lowest BCUT2D eigenvalue weighted by molar-refractivity contribution is -0.260. The summed E-state index contributed by atoms with van der Waals surface area (Å²) in [5.74, 6) is -4.33. The van der Waals surface area contributed by atoms with Crippen molar-refractivity contribution in [2.75, 3.05) is 6.61 Å². The Hall–Kier alpha value is -2.16. The molecule has 0 N–H and O–H groups in total. The predicted molar refractivity (Wildman–Crippen MR) is 77.4 cm³/mol. The normalized spacial score (nSPS) is 31.9. The third-order valence-electron chi connectivity index (χ3n) is 3.32. The van der Waals surface area contributed by atoms with Crippen LogP contribution in [-0.2, 0) is 42.9 Å². The van der Waals surface area contributed by atoms with E-state index >= 15 is 0 Å². The second-order valence-corrected chi connectivity index (χ2v) is 5.86. The van der Waals surface area contributed by atoms with Crippen LogP contribution < -0.4 is 0 Å². The summed E-state index contributed by atoms with van der Waals surface area (Å²) in [6.07, 6.45) is -2.38. The second-order valence-electron chi connectivity index (χ2n) is 5.86. The molecule has 1 aliphatic heterocycles. The number of hydrogen-bond donors (Lipinski definition) is 0. The van der Waals surface area contributed by atoms with Crippen molar-refractivity contribution >= 4 is 23.9 Å². The number of esters is 4. The molecule has 1 heterocycles. The molecule has 1 saturated heterocycles. The molecule has 0 radical (unpaired) electrons. The van der Waals surface area contributed by atoms with Gasteiger partial charge in [-0.05, 0) is 6.92 Å². The van der Waals surface area contributed by atoms with Crippen LogP contribution in [0.5, 0.6) is 0 Å². The molecule has 1 rings (SSSR count). The molecule has 3 unspecified atom stereocenters. The Kier molecular flexibility index (Phi) is 5.94. The molecule has 0 saturated carbocycles. The lowest BCUT2D eigenvalue weighted by Crippen LogP contribution is -2.50. The lowest BCUT2D eigenvalue weighted by Gasteiger charge is -2.29. The SMILES string of the molecule is CC(=O)OCC1(C)OC(C)(OC(C)=O)[C@@H](OC(C)=O)C1OC(C)=O. The van der Waals surface area contributed by atoms with Gasteiger partial charge in [0.2, 0.25) is 6.10 Å². The highest BCUT2D eigenvalue weighted by atomic mass is 16.8. The summed E-state index contributed by atoms with van der Waals surface area (Å²) in [5.41, 5.74) is -1.39. The second kappa shape index (κ2) is 7.16. The highest BCUT2D eigenvalue weighted by Gasteiger charge is 2.65. The summed E-state index contributed by atoms with van der Waals surface area (Å²) in [6, 6.07) is 0. The first-order valence-electron chi connectivity index (χ1n) is 7.27. The summed E-state index contributed by atoms with van der Waals surface area (Å²) in [5, 5.41) is 0. The summed E-state index contributed by atoms with van der Waals surface area (Å²) in [6.45, 7) is 7.25. The standard InChI is InChI=1S/C15H22O9/c1-8(16)20-7-14(5)12(21-9(2)17)13(22-10(3)18)15(6,24-14)23-11(4)19/h12-13H,7H2,1-6H3/t12?,13-,14?,15?/m0/s1. The highest BCUT2D eigenvalue weighted by Crippen LogP contribution is 2.43. The number of carbonyl (C=O) groups is 4. The molecule has 0 aromatic rings. The van der Waals surface area contributed by atoms with Crippen LogP contribution >= 0.6 is 0 Å². The molecule has 1 aliphatic rings. The molecule has 0 aromatic carbocycles. The summed E-state index contributed by atoms with van der Waals surface area (Å²) >= 11 is 0. The van der Waals surface area contributed by atoms with Gasteiger partial charge < -0.3 is 23.7 Å². The third-order valence-corrected chi connectivity index (χ3v) is 3.32. The van der Waals surface area contributed by atoms with Crippen molar-refractivity contribution in [3.63, 3.8) is 0 Å². The van der Waals surface area contributed by atoms with Crippen molar-refractivity contribution < 1.29 is 42.9 Å². The summed E-state index contributed by atoms with van der Waals surface area (Å²) < 4.78 is 26.3. The topological polar surface area (TPSA) is 114 Å². The number of ether oxygens (including phenoxy) is 5. The third kappa shape index (κ3) is 4.67. The zero-order valence-corrected chi connectivity index (χ0v) is 14.5. The van der Waals surface area contributed by atoms with Gasteiger partial charge in [-0.3, -0.25) is 19.2 Å². The predicted octanol–water partition coefficient (Wildman–Crippen LogP) is 0.481. The van der Waals surface area contributed by atoms with Gasteiger partial charge >= 0.3 is 23.9 Å². The fourth-order valence-corrected chi connectivity index (χ4v) is 2.61. The van der Waals surface area contributed by atoms with Crippen LogP contribution in [0.2, 0.25) is 0 Å². The van der Waals surface area contributed by atoms with Gasteiger partial charge in [0, 0.05) is 34.6 Å². The molecule has 0 bridgehead atoms. The van der Waals surface area contributed by atoms with E-state index in [0.717, 1.165) is 13.8 Å². The Morgan fingerprint density at radius 1 is 0.833 bits per heavy atom. The van der Waals surface area contributed by atoms with Gasteiger partial charge in [0.1, 0.15) is 12.2 Å². The van der Waals surface area contributed by atoms with Crippen molar-refractivity contribution in [1.82, 2.24) is 0 Å². The zero-order chi connectivity index (χ0) is 18.7. The number of carbonyl (C=O) groups excluding carboxylic acids is 4. The monoisotopic (exact) mass is 346 g/mol. The van der Waals surface area contributed by atoms with Crippen LogP contribution in [0.3, 0.4) is 0 Å². The van der Waals surface area contributed by atoms with Crippen LogP contribution in [0.25, 0.3) is 0 Å². The molecule has 0 amide bonds. The van der Waals surface area contributed by atoms with E-state index in [1.165, 1.54) is 27.7 Å². The van der Waals surface area contributed by atoms with Gasteiger partial charge in [0.05, 0.1) is 0 Å². The Bertz CT molecular complexity index is 543. The molecule has 24 heavy (non-hydrogen) atoms. The van der Waals surface area contributed by atoms with Crippen molar-refractivity contribution in [2.45, 2.75) is 65.1 Å². The fraction of sp³-hybridized carbons (Fsp3) is 0.733. The first-order valence-corrected chi connectivity index (χ1v) is 7.27. The zero-order valence-electron chi connectivity index (χ0n) is 14.5. The van der Waals surface area contributed by atoms with Crippen molar-refractivity contribution in [1.29, 1.82) is 0 Å². The first-order chi connectivity index (χ1) is 10.9. The van der Waals surface area contributed by atoms with Crippen molar-refractivity contribution in [2.24, 2.45) is 0 Å². The van der Waals surface area contributed by atoms with E-state index in [9.17, 15) is 19.2 Å². The lowest BCUT2D eigenvalue weighted by atomic mass is 9.96. The quantitative estimate of drug-likeness (QED) is 0.518. The van der Waals surface area contributed by atoms with E-state index in [2.05, 4.69) is 0 Å². The van der Waals surface area contributed by atoms with Gasteiger partial charge in [-0.2, -0.15) is 0 Å². The van der Waals surface area contributed by atoms with E-state index in [1.54, 1.807) is 0 Å². The van der Waals surface area contributed by atoms with Crippen LogP contribution in [0.4, 0.5) is 0 Å². The Morgan fingerprint density at radius 2 is 1.33 bits per heavy atom. The maximum absolute atomic E-state index is 11.5. The first kappa shape index (κ1) is 19.9. The minimum absolute atomic E-state index is 0.297. The van der Waals surface area contributed by atoms with Crippen LogP contribution in [0, 0.1) is 0 Å². The average molecular weight is 346 g/mol. The van der Waals surface area contributed by atoms with Crippen molar-refractivity contribution in [3.05, 3.63) is 0 Å². The Labute approximate surface area is 139 Å². The van der Waals surface area contributed by atoms with Crippen LogP contribution in [0.15, 0.2) is 0 Å². The average Bonchev–Trinajstić information content (AvgIpc) is 2.56. The molecule has 0 spiro atoms. The molecular weight excluding hydrogens is 324 g/mol. The minimum Gasteiger partial charge on any atom is -0.463 e.